The molecule has 5 heteroatoms. The standard InChI is InChI=1S/C13H15FN2OS/c1-9-11(14)5-6-12(16(2)15)13(9)17-8-10-4-3-7-18-10/h3-7H,8,15H2,1-2H3. The van der Waals surface area contributed by atoms with Gasteiger partial charge in [0.2, 0.25) is 0 Å². The van der Waals surface area contributed by atoms with Gasteiger partial charge in [0.15, 0.2) is 0 Å². The summed E-state index contributed by atoms with van der Waals surface area (Å²) in [6.45, 7) is 2.11. The third kappa shape index (κ3) is 2.63. The molecule has 18 heavy (non-hydrogen) atoms. The van der Waals surface area contributed by atoms with Crippen LogP contribution in [-0.4, -0.2) is 7.05 Å². The molecule has 2 aromatic rings. The van der Waals surface area contributed by atoms with Crippen LogP contribution in [0.5, 0.6) is 5.75 Å². The summed E-state index contributed by atoms with van der Waals surface area (Å²) in [5.74, 6) is 5.92. The first-order valence-corrected chi connectivity index (χ1v) is 6.40. The smallest absolute Gasteiger partial charge is 0.150 e. The molecule has 2 N–H and O–H groups in total. The Morgan fingerprint density at radius 3 is 2.78 bits per heavy atom. The highest BCUT2D eigenvalue weighted by Crippen LogP contribution is 2.32. The minimum Gasteiger partial charge on any atom is -0.485 e. The Hall–Kier alpha value is -1.59. The second kappa shape index (κ2) is 5.37. The Labute approximate surface area is 110 Å². The number of ether oxygens (including phenoxy) is 1. The number of halogens is 1. The average molecular weight is 266 g/mol. The Bertz CT molecular complexity index is 526. The molecule has 0 saturated heterocycles. The van der Waals surface area contributed by atoms with E-state index in [4.69, 9.17) is 10.6 Å². The molecule has 0 spiro atoms. The van der Waals surface area contributed by atoms with Crippen molar-refractivity contribution in [3.8, 4) is 5.75 Å². The topological polar surface area (TPSA) is 38.5 Å². The lowest BCUT2D eigenvalue weighted by Gasteiger charge is -2.19. The van der Waals surface area contributed by atoms with Gasteiger partial charge in [0.1, 0.15) is 18.2 Å². The molecular formula is C13H15FN2OS. The maximum atomic E-state index is 13.6. The normalized spacial score (nSPS) is 10.4. The maximum Gasteiger partial charge on any atom is 0.150 e. The van der Waals surface area contributed by atoms with Crippen LogP contribution in [0.4, 0.5) is 10.1 Å². The van der Waals surface area contributed by atoms with Crippen LogP contribution in [0.25, 0.3) is 0 Å². The molecule has 96 valence electrons. The fourth-order valence-corrected chi connectivity index (χ4v) is 2.27. The number of nitrogens with two attached hydrogens (primary N) is 1. The molecule has 0 fully saturated rings. The first-order valence-electron chi connectivity index (χ1n) is 5.52. The highest BCUT2D eigenvalue weighted by molar-refractivity contribution is 7.09. The summed E-state index contributed by atoms with van der Waals surface area (Å²) >= 11 is 1.60. The molecular weight excluding hydrogens is 251 g/mol. The summed E-state index contributed by atoms with van der Waals surface area (Å²) in [4.78, 5) is 1.09. The summed E-state index contributed by atoms with van der Waals surface area (Å²) in [7, 11) is 1.70. The number of nitrogens with zero attached hydrogens (tertiary/aromatic N) is 1. The number of anilines is 1. The van der Waals surface area contributed by atoms with Crippen molar-refractivity contribution in [1.29, 1.82) is 0 Å². The molecule has 0 atom stereocenters. The lowest BCUT2D eigenvalue weighted by molar-refractivity contribution is 0.306. The molecule has 1 aromatic carbocycles. The second-order valence-electron chi connectivity index (χ2n) is 4.00. The van der Waals surface area contributed by atoms with Crippen LogP contribution in [0.2, 0.25) is 0 Å². The molecule has 0 bridgehead atoms. The number of rotatable bonds is 4. The Morgan fingerprint density at radius 1 is 1.39 bits per heavy atom. The molecule has 0 radical (unpaired) electrons. The van der Waals surface area contributed by atoms with Gasteiger partial charge in [-0.2, -0.15) is 0 Å². The van der Waals surface area contributed by atoms with Crippen LogP contribution >= 0.6 is 11.3 Å². The van der Waals surface area contributed by atoms with Gasteiger partial charge in [0, 0.05) is 17.5 Å². The number of hydrogen-bond donors (Lipinski definition) is 1. The highest BCUT2D eigenvalue weighted by Gasteiger charge is 2.13. The summed E-state index contributed by atoms with van der Waals surface area (Å²) in [5.41, 5.74) is 1.15. The van der Waals surface area contributed by atoms with Crippen LogP contribution in [-0.2, 0) is 6.61 Å². The Balaban J connectivity index is 2.27. The molecule has 0 aliphatic carbocycles. The first-order chi connectivity index (χ1) is 8.59. The predicted octanol–water partition coefficient (Wildman–Crippen LogP) is 3.08. The molecule has 0 aliphatic rings. The van der Waals surface area contributed by atoms with Crippen LogP contribution in [0, 0.1) is 12.7 Å². The molecule has 0 unspecified atom stereocenters. The Morgan fingerprint density at radius 2 is 2.17 bits per heavy atom. The fraction of sp³-hybridized carbons (Fsp3) is 0.231. The first kappa shape index (κ1) is 12.9. The average Bonchev–Trinajstić information content (AvgIpc) is 2.83. The molecule has 2 rings (SSSR count). The number of benzene rings is 1. The summed E-state index contributed by atoms with van der Waals surface area (Å²) in [6, 6.07) is 6.95. The number of thiophene rings is 1. The van der Waals surface area contributed by atoms with E-state index in [1.54, 1.807) is 31.4 Å². The zero-order chi connectivity index (χ0) is 13.1. The maximum absolute atomic E-state index is 13.6. The van der Waals surface area contributed by atoms with Gasteiger partial charge in [-0.15, -0.1) is 11.3 Å². The zero-order valence-electron chi connectivity index (χ0n) is 10.3. The molecule has 0 amide bonds. The molecule has 1 aromatic heterocycles. The van der Waals surface area contributed by atoms with Crippen molar-refractivity contribution >= 4 is 17.0 Å². The minimum absolute atomic E-state index is 0.290. The monoisotopic (exact) mass is 266 g/mol. The largest absolute Gasteiger partial charge is 0.485 e. The van der Waals surface area contributed by atoms with Crippen LogP contribution < -0.4 is 15.6 Å². The lowest BCUT2D eigenvalue weighted by Crippen LogP contribution is -2.26. The van der Waals surface area contributed by atoms with E-state index in [0.717, 1.165) is 4.88 Å². The van der Waals surface area contributed by atoms with E-state index in [1.807, 2.05) is 17.5 Å². The predicted molar refractivity (Wildman–Crippen MR) is 72.4 cm³/mol. The second-order valence-corrected chi connectivity index (χ2v) is 5.03. The van der Waals surface area contributed by atoms with Crippen molar-refractivity contribution in [2.24, 2.45) is 5.84 Å². The zero-order valence-corrected chi connectivity index (χ0v) is 11.1. The fourth-order valence-electron chi connectivity index (χ4n) is 1.65. The van der Waals surface area contributed by atoms with Crippen molar-refractivity contribution in [2.45, 2.75) is 13.5 Å². The van der Waals surface area contributed by atoms with Crippen LogP contribution in [0.15, 0.2) is 29.6 Å². The number of hydrazine groups is 1. The van der Waals surface area contributed by atoms with Gasteiger partial charge < -0.3 is 9.75 Å². The van der Waals surface area contributed by atoms with E-state index in [-0.39, 0.29) is 5.82 Å². The summed E-state index contributed by atoms with van der Waals surface area (Å²) < 4.78 is 19.3. The van der Waals surface area contributed by atoms with E-state index >= 15 is 0 Å². The van der Waals surface area contributed by atoms with E-state index in [9.17, 15) is 4.39 Å². The van der Waals surface area contributed by atoms with Gasteiger partial charge >= 0.3 is 0 Å². The van der Waals surface area contributed by atoms with E-state index in [1.165, 1.54) is 11.1 Å². The van der Waals surface area contributed by atoms with E-state index in [2.05, 4.69) is 0 Å². The molecule has 0 saturated carbocycles. The summed E-state index contributed by atoms with van der Waals surface area (Å²) in [5, 5.41) is 3.41. The van der Waals surface area contributed by atoms with Crippen molar-refractivity contribution < 1.29 is 9.13 Å². The molecule has 0 aliphatic heterocycles. The van der Waals surface area contributed by atoms with E-state index < -0.39 is 0 Å². The van der Waals surface area contributed by atoms with Gasteiger partial charge in [-0.1, -0.05) is 6.07 Å². The van der Waals surface area contributed by atoms with Gasteiger partial charge in [-0.25, -0.2) is 10.2 Å². The van der Waals surface area contributed by atoms with Crippen molar-refractivity contribution in [3.05, 3.63) is 45.9 Å². The SMILES string of the molecule is Cc1c(F)ccc(N(C)N)c1OCc1cccs1. The summed E-state index contributed by atoms with van der Waals surface area (Å²) in [6.07, 6.45) is 0. The van der Waals surface area contributed by atoms with Crippen LogP contribution in [0.3, 0.4) is 0 Å². The quantitative estimate of drug-likeness (QED) is 0.682. The Kier molecular flexibility index (Phi) is 3.84. The van der Waals surface area contributed by atoms with Crippen LogP contribution in [0.1, 0.15) is 10.4 Å². The third-order valence-corrected chi connectivity index (χ3v) is 3.49. The van der Waals surface area contributed by atoms with Gasteiger partial charge in [-0.05, 0) is 30.5 Å². The molecule has 1 heterocycles. The van der Waals surface area contributed by atoms with Crippen molar-refractivity contribution in [2.75, 3.05) is 12.1 Å². The number of hydrogen-bond acceptors (Lipinski definition) is 4. The van der Waals surface area contributed by atoms with E-state index in [0.29, 0.717) is 23.6 Å². The van der Waals surface area contributed by atoms with Crippen molar-refractivity contribution in [1.82, 2.24) is 0 Å². The van der Waals surface area contributed by atoms with Gasteiger partial charge in [0.05, 0.1) is 5.69 Å². The van der Waals surface area contributed by atoms with Crippen molar-refractivity contribution in [3.63, 3.8) is 0 Å². The minimum atomic E-state index is -0.290. The van der Waals surface area contributed by atoms with Gasteiger partial charge in [-0.3, -0.25) is 0 Å². The lowest BCUT2D eigenvalue weighted by atomic mass is 10.2. The molecule has 3 nitrogen and oxygen atoms in total. The highest BCUT2D eigenvalue weighted by atomic mass is 32.1. The third-order valence-electron chi connectivity index (χ3n) is 2.64. The van der Waals surface area contributed by atoms with Gasteiger partial charge in [0.25, 0.3) is 0 Å².